The Bertz CT molecular complexity index is 582. The molecule has 1 saturated heterocycles. The van der Waals surface area contributed by atoms with Gasteiger partial charge >= 0.3 is 0 Å². The molecule has 0 aliphatic carbocycles. The Kier molecular flexibility index (Phi) is 4.84. The van der Waals surface area contributed by atoms with Gasteiger partial charge in [-0.05, 0) is 19.3 Å². The summed E-state index contributed by atoms with van der Waals surface area (Å²) >= 11 is 0. The standard InChI is InChI=1S/C15H23F2N5S/c1-3-20-23(17)14(8-21-23)10-22-9-12(4-11(22)2)5-15-18-6-13(16)7-19-15/h6-8,11-12,20-21H,3-5,9-10H2,1-2H3. The zero-order valence-corrected chi connectivity index (χ0v) is 14.2. The van der Waals surface area contributed by atoms with Gasteiger partial charge in [-0.3, -0.25) is 4.90 Å². The van der Waals surface area contributed by atoms with Crippen LogP contribution >= 0.6 is 10.8 Å². The minimum absolute atomic E-state index is 0.396. The van der Waals surface area contributed by atoms with Crippen molar-refractivity contribution < 1.29 is 8.28 Å². The van der Waals surface area contributed by atoms with Gasteiger partial charge in [-0.2, -0.15) is 0 Å². The molecule has 1 aromatic heterocycles. The Morgan fingerprint density at radius 3 is 2.78 bits per heavy atom. The topological polar surface area (TPSA) is 53.1 Å². The van der Waals surface area contributed by atoms with Crippen LogP contribution in [0.4, 0.5) is 8.28 Å². The maximum Gasteiger partial charge on any atom is 0.159 e. The summed E-state index contributed by atoms with van der Waals surface area (Å²) in [7, 11) is -2.47. The summed E-state index contributed by atoms with van der Waals surface area (Å²) in [5.41, 5.74) is 0. The molecule has 5 nitrogen and oxygen atoms in total. The Morgan fingerprint density at radius 1 is 1.43 bits per heavy atom. The van der Waals surface area contributed by atoms with Crippen LogP contribution in [0, 0.1) is 11.7 Å². The van der Waals surface area contributed by atoms with E-state index in [9.17, 15) is 8.28 Å². The lowest BCUT2D eigenvalue weighted by Crippen LogP contribution is -2.40. The van der Waals surface area contributed by atoms with Gasteiger partial charge in [0.2, 0.25) is 0 Å². The molecule has 23 heavy (non-hydrogen) atoms. The van der Waals surface area contributed by atoms with Crippen LogP contribution in [-0.4, -0.2) is 40.5 Å². The van der Waals surface area contributed by atoms with Gasteiger partial charge in [0.1, 0.15) is 5.82 Å². The predicted octanol–water partition coefficient (Wildman–Crippen LogP) is 2.44. The van der Waals surface area contributed by atoms with Gasteiger partial charge < -0.3 is 4.72 Å². The Labute approximate surface area is 137 Å². The second-order valence-corrected chi connectivity index (χ2v) is 8.29. The first-order valence-corrected chi connectivity index (χ1v) is 9.48. The lowest BCUT2D eigenvalue weighted by Gasteiger charge is -2.42. The Hall–Kier alpha value is -1.25. The van der Waals surface area contributed by atoms with Gasteiger partial charge in [0.15, 0.2) is 5.82 Å². The van der Waals surface area contributed by atoms with E-state index in [0.29, 0.717) is 30.9 Å². The third-order valence-corrected chi connectivity index (χ3v) is 6.48. The number of aromatic nitrogens is 2. The monoisotopic (exact) mass is 343 g/mol. The van der Waals surface area contributed by atoms with Crippen molar-refractivity contribution in [2.24, 2.45) is 5.92 Å². The average molecular weight is 343 g/mol. The highest BCUT2D eigenvalue weighted by atomic mass is 32.3. The van der Waals surface area contributed by atoms with Crippen LogP contribution in [0.3, 0.4) is 0 Å². The summed E-state index contributed by atoms with van der Waals surface area (Å²) in [5.74, 6) is 0.686. The molecular formula is C15H23F2N5S. The number of halogens is 2. The molecule has 8 heteroatoms. The smallest absolute Gasteiger partial charge is 0.159 e. The number of hydrogen-bond acceptors (Lipinski definition) is 5. The molecule has 0 saturated carbocycles. The van der Waals surface area contributed by atoms with Crippen LogP contribution in [0.25, 0.3) is 0 Å². The Morgan fingerprint density at radius 2 is 2.17 bits per heavy atom. The van der Waals surface area contributed by atoms with Crippen LogP contribution in [-0.2, 0) is 6.42 Å². The molecule has 3 unspecified atom stereocenters. The van der Waals surface area contributed by atoms with Crippen LogP contribution in [0.5, 0.6) is 0 Å². The zero-order valence-electron chi connectivity index (χ0n) is 13.4. The molecule has 2 N–H and O–H groups in total. The van der Waals surface area contributed by atoms with Crippen molar-refractivity contribution in [3.8, 4) is 0 Å². The molecule has 0 spiro atoms. The molecule has 0 radical (unpaired) electrons. The van der Waals surface area contributed by atoms with Crippen molar-refractivity contribution in [3.05, 3.63) is 35.1 Å². The van der Waals surface area contributed by atoms with E-state index in [-0.39, 0.29) is 0 Å². The highest BCUT2D eigenvalue weighted by Crippen LogP contribution is 2.55. The van der Waals surface area contributed by atoms with Gasteiger partial charge in [0.05, 0.1) is 28.1 Å². The lowest BCUT2D eigenvalue weighted by atomic mass is 10.0. The fraction of sp³-hybridized carbons (Fsp3) is 0.600. The summed E-state index contributed by atoms with van der Waals surface area (Å²) in [6.07, 6.45) is 5.96. The first-order chi connectivity index (χ1) is 11.0. The van der Waals surface area contributed by atoms with Crippen molar-refractivity contribution >= 4 is 10.8 Å². The van der Waals surface area contributed by atoms with Crippen LogP contribution < -0.4 is 9.44 Å². The second kappa shape index (κ2) is 6.70. The van der Waals surface area contributed by atoms with Gasteiger partial charge in [0, 0.05) is 38.3 Å². The largest absolute Gasteiger partial charge is 0.315 e. The van der Waals surface area contributed by atoms with Gasteiger partial charge in [-0.1, -0.05) is 6.92 Å². The number of hydrogen-bond donors (Lipinski definition) is 2. The molecule has 3 heterocycles. The Balaban J connectivity index is 1.56. The average Bonchev–Trinajstić information content (AvgIpc) is 2.86. The third-order valence-electron chi connectivity index (χ3n) is 4.38. The maximum absolute atomic E-state index is 14.5. The minimum atomic E-state index is -2.47. The molecule has 3 rings (SSSR count). The first-order valence-electron chi connectivity index (χ1n) is 7.94. The van der Waals surface area contributed by atoms with E-state index in [1.54, 1.807) is 6.20 Å². The summed E-state index contributed by atoms with van der Waals surface area (Å²) in [6.45, 7) is 6.22. The molecule has 128 valence electrons. The van der Waals surface area contributed by atoms with E-state index < -0.39 is 16.6 Å². The number of nitrogens with zero attached hydrogens (tertiary/aromatic N) is 3. The normalized spacial score (nSPS) is 33.5. The van der Waals surface area contributed by atoms with Crippen molar-refractivity contribution in [2.75, 3.05) is 19.6 Å². The van der Waals surface area contributed by atoms with E-state index >= 15 is 0 Å². The summed E-state index contributed by atoms with van der Waals surface area (Å²) in [5, 5.41) is 0. The fourth-order valence-corrected chi connectivity index (χ4v) is 4.70. The van der Waals surface area contributed by atoms with Crippen molar-refractivity contribution in [3.63, 3.8) is 0 Å². The molecule has 3 atom stereocenters. The SMILES string of the molecule is CCNS1(F)NC=C1CN1CC(Cc2ncc(F)cn2)CC1C. The van der Waals surface area contributed by atoms with E-state index in [1.165, 1.54) is 12.4 Å². The predicted molar refractivity (Wildman–Crippen MR) is 88.4 cm³/mol. The van der Waals surface area contributed by atoms with Crippen LogP contribution in [0.1, 0.15) is 26.1 Å². The quantitative estimate of drug-likeness (QED) is 0.831. The van der Waals surface area contributed by atoms with E-state index in [0.717, 1.165) is 24.3 Å². The zero-order chi connectivity index (χ0) is 16.4. The highest BCUT2D eigenvalue weighted by molar-refractivity contribution is 8.30. The molecule has 0 amide bonds. The molecular weight excluding hydrogens is 320 g/mol. The number of likely N-dealkylation sites (tertiary alicyclic amines) is 1. The minimum Gasteiger partial charge on any atom is -0.315 e. The van der Waals surface area contributed by atoms with Gasteiger partial charge in [-0.15, -0.1) is 3.89 Å². The maximum atomic E-state index is 14.5. The molecule has 2 aliphatic heterocycles. The summed E-state index contributed by atoms with van der Waals surface area (Å²) < 4.78 is 33.1. The third kappa shape index (κ3) is 3.64. The number of nitrogens with one attached hydrogen (secondary N) is 2. The van der Waals surface area contributed by atoms with Crippen molar-refractivity contribution in [1.29, 1.82) is 0 Å². The van der Waals surface area contributed by atoms with Crippen LogP contribution in [0.15, 0.2) is 23.5 Å². The molecule has 2 aliphatic rings. The van der Waals surface area contributed by atoms with E-state index in [1.807, 2.05) is 6.92 Å². The van der Waals surface area contributed by atoms with Crippen molar-refractivity contribution in [1.82, 2.24) is 24.3 Å². The molecule has 0 aromatic carbocycles. The molecule has 1 fully saturated rings. The molecule has 1 aromatic rings. The van der Waals surface area contributed by atoms with Gasteiger partial charge in [0.25, 0.3) is 0 Å². The number of rotatable bonds is 6. The second-order valence-electron chi connectivity index (χ2n) is 6.17. The highest BCUT2D eigenvalue weighted by Gasteiger charge is 2.38. The van der Waals surface area contributed by atoms with Crippen LogP contribution in [0.2, 0.25) is 0 Å². The van der Waals surface area contributed by atoms with E-state index in [4.69, 9.17) is 0 Å². The summed E-state index contributed by atoms with van der Waals surface area (Å²) in [6, 6.07) is 0.396. The van der Waals surface area contributed by atoms with Crippen molar-refractivity contribution in [2.45, 2.75) is 32.7 Å². The first kappa shape index (κ1) is 16.6. The lowest BCUT2D eigenvalue weighted by molar-refractivity contribution is 0.289. The van der Waals surface area contributed by atoms with E-state index in [2.05, 4.69) is 31.2 Å². The summed E-state index contributed by atoms with van der Waals surface area (Å²) in [4.78, 5) is 11.2. The fourth-order valence-electron chi connectivity index (χ4n) is 3.20. The molecule has 0 bridgehead atoms. The van der Waals surface area contributed by atoms with Gasteiger partial charge in [-0.25, -0.2) is 19.1 Å².